The number of furan rings is 1. The zero-order chi connectivity index (χ0) is 22.2. The van der Waals surface area contributed by atoms with Crippen LogP contribution < -0.4 is 9.64 Å². The number of benzene rings is 3. The Bertz CT molecular complexity index is 1460. The van der Waals surface area contributed by atoms with Crippen molar-refractivity contribution in [2.45, 2.75) is 6.92 Å². The average Bonchev–Trinajstić information content (AvgIpc) is 3.09. The van der Waals surface area contributed by atoms with Crippen LogP contribution in [-0.4, -0.2) is 13.0 Å². The Morgan fingerprint density at radius 2 is 1.88 bits per heavy atom. The number of para-hydroxylation sites is 2. The van der Waals surface area contributed by atoms with Crippen LogP contribution in [0.25, 0.3) is 33.6 Å². The fourth-order valence-electron chi connectivity index (χ4n) is 4.11. The number of nitrogens with zero attached hydrogens (tertiary/aromatic N) is 4. The highest BCUT2D eigenvalue weighted by atomic mass is 16.5. The van der Waals surface area contributed by atoms with Crippen LogP contribution in [0.5, 0.6) is 5.75 Å². The monoisotopic (exact) mass is 422 g/mol. The molecule has 5 rings (SSSR count). The highest BCUT2D eigenvalue weighted by Crippen LogP contribution is 2.49. The van der Waals surface area contributed by atoms with Crippen LogP contribution in [0.3, 0.4) is 0 Å². The molecule has 2 heterocycles. The number of fused-ring (bicyclic) bond motifs is 4. The van der Waals surface area contributed by atoms with Gasteiger partial charge in [-0.3, -0.25) is 9.69 Å². The highest BCUT2D eigenvalue weighted by Gasteiger charge is 2.31. The molecule has 0 radical (unpaired) electrons. The fraction of sp³-hybridized carbons (Fsp3) is 0.0800. The molecule has 7 nitrogen and oxygen atoms in total. The van der Waals surface area contributed by atoms with Gasteiger partial charge in [0.05, 0.1) is 18.4 Å². The van der Waals surface area contributed by atoms with E-state index in [0.717, 1.165) is 33.3 Å². The first-order valence-corrected chi connectivity index (χ1v) is 9.99. The van der Waals surface area contributed by atoms with Crippen molar-refractivity contribution in [3.05, 3.63) is 93.4 Å². The number of amides is 1. The molecule has 0 N–H and O–H groups in total. The number of hydrogen-bond acceptors (Lipinski definition) is 4. The molecular weight excluding hydrogens is 404 g/mol. The lowest BCUT2D eigenvalue weighted by atomic mass is 10.0. The zero-order valence-corrected chi connectivity index (χ0v) is 17.4. The van der Waals surface area contributed by atoms with E-state index in [1.54, 1.807) is 13.2 Å². The van der Waals surface area contributed by atoms with Crippen molar-refractivity contribution in [3.8, 4) is 5.75 Å². The molecule has 4 aromatic rings. The Kier molecular flexibility index (Phi) is 4.66. The van der Waals surface area contributed by atoms with E-state index >= 15 is 0 Å². The molecule has 1 amide bonds. The van der Waals surface area contributed by atoms with E-state index in [0.29, 0.717) is 17.3 Å². The number of hydrogen-bond donors (Lipinski definition) is 0. The van der Waals surface area contributed by atoms with Crippen LogP contribution in [0.15, 0.2) is 70.2 Å². The lowest BCUT2D eigenvalue weighted by molar-refractivity contribution is 0.100. The van der Waals surface area contributed by atoms with Crippen molar-refractivity contribution in [1.82, 2.24) is 0 Å². The average molecular weight is 422 g/mol. The fourth-order valence-corrected chi connectivity index (χ4v) is 4.11. The number of azide groups is 1. The largest absolute Gasteiger partial charge is 0.495 e. The van der Waals surface area contributed by atoms with Crippen molar-refractivity contribution in [2.75, 3.05) is 12.0 Å². The normalized spacial score (nSPS) is 12.0. The summed E-state index contributed by atoms with van der Waals surface area (Å²) in [4.78, 5) is 17.4. The van der Waals surface area contributed by atoms with Crippen molar-refractivity contribution < 1.29 is 13.9 Å². The molecule has 0 bridgehead atoms. The van der Waals surface area contributed by atoms with Gasteiger partial charge in [0.1, 0.15) is 17.0 Å². The number of ether oxygens (including phenoxy) is 1. The van der Waals surface area contributed by atoms with Crippen LogP contribution in [0, 0.1) is 6.92 Å². The minimum Gasteiger partial charge on any atom is -0.495 e. The maximum Gasteiger partial charge on any atom is 0.251 e. The molecule has 0 saturated carbocycles. The van der Waals surface area contributed by atoms with Gasteiger partial charge in [-0.2, -0.15) is 0 Å². The Hall–Kier alpha value is -4.48. The third-order valence-electron chi connectivity index (χ3n) is 5.45. The van der Waals surface area contributed by atoms with Crippen LogP contribution in [0.4, 0.5) is 17.3 Å². The zero-order valence-electron chi connectivity index (χ0n) is 17.4. The van der Waals surface area contributed by atoms with Gasteiger partial charge in [0, 0.05) is 15.9 Å². The minimum absolute atomic E-state index is 0.225. The van der Waals surface area contributed by atoms with Gasteiger partial charge in [0.25, 0.3) is 5.91 Å². The number of anilines is 3. The van der Waals surface area contributed by atoms with E-state index in [4.69, 9.17) is 14.7 Å². The summed E-state index contributed by atoms with van der Waals surface area (Å²) in [6.45, 7) is 1.85. The summed E-state index contributed by atoms with van der Waals surface area (Å²) < 4.78 is 12.0. The molecule has 0 saturated heterocycles. The molecule has 0 atom stereocenters. The summed E-state index contributed by atoms with van der Waals surface area (Å²) in [7, 11) is 1.54. The van der Waals surface area contributed by atoms with Crippen LogP contribution in [0.1, 0.15) is 27.0 Å². The molecular formula is C25H18N4O3. The van der Waals surface area contributed by atoms with Gasteiger partial charge >= 0.3 is 0 Å². The Morgan fingerprint density at radius 3 is 2.69 bits per heavy atom. The minimum atomic E-state index is -0.697. The number of aryl methyl sites for hydroxylation is 1. The number of carbonyl (C=O) groups excluding carboxylic acids is 1. The van der Waals surface area contributed by atoms with Crippen LogP contribution in [-0.2, 0) is 0 Å². The maximum absolute atomic E-state index is 12.9. The Balaban J connectivity index is 1.91. The first kappa shape index (κ1) is 19.5. The molecule has 156 valence electrons. The topological polar surface area (TPSA) is 91.4 Å². The molecule has 3 aromatic carbocycles. The van der Waals surface area contributed by atoms with Crippen LogP contribution in [0.2, 0.25) is 0 Å². The summed E-state index contributed by atoms with van der Waals surface area (Å²) in [5, 5.41) is 4.31. The molecule has 0 fully saturated rings. The van der Waals surface area contributed by atoms with Gasteiger partial charge < -0.3 is 9.15 Å². The number of carbonyl (C=O) groups is 1. The first-order chi connectivity index (χ1) is 15.6. The van der Waals surface area contributed by atoms with Gasteiger partial charge in [-0.15, -0.1) is 0 Å². The van der Waals surface area contributed by atoms with Crippen molar-refractivity contribution in [2.24, 2.45) is 5.11 Å². The lowest BCUT2D eigenvalue weighted by Gasteiger charge is -2.27. The van der Waals surface area contributed by atoms with E-state index in [-0.39, 0.29) is 5.56 Å². The molecule has 1 aliphatic rings. The smallest absolute Gasteiger partial charge is 0.251 e. The Morgan fingerprint density at radius 1 is 1.09 bits per heavy atom. The predicted octanol–water partition coefficient (Wildman–Crippen LogP) is 7.15. The third-order valence-corrected chi connectivity index (χ3v) is 5.45. The van der Waals surface area contributed by atoms with E-state index < -0.39 is 5.91 Å². The molecule has 32 heavy (non-hydrogen) atoms. The summed E-state index contributed by atoms with van der Waals surface area (Å²) >= 11 is 0. The second-order valence-electron chi connectivity index (χ2n) is 7.40. The SMILES string of the molecule is COc1cc(C)cc(C(=O)N=[N+]=[N-])c1N1c2ccccc2C=Cc2c1oc1ccccc21. The predicted molar refractivity (Wildman–Crippen MR) is 125 cm³/mol. The summed E-state index contributed by atoms with van der Waals surface area (Å²) in [5.41, 5.74) is 13.7. The molecule has 0 unspecified atom stereocenters. The lowest BCUT2D eigenvalue weighted by Crippen LogP contribution is -2.16. The van der Waals surface area contributed by atoms with Gasteiger partial charge in [0.2, 0.25) is 5.88 Å². The molecule has 0 spiro atoms. The number of rotatable bonds is 3. The summed E-state index contributed by atoms with van der Waals surface area (Å²) in [6.07, 6.45) is 4.03. The first-order valence-electron chi connectivity index (χ1n) is 9.99. The summed E-state index contributed by atoms with van der Waals surface area (Å²) in [5.74, 6) is 0.311. The van der Waals surface area contributed by atoms with E-state index in [1.165, 1.54) is 0 Å². The van der Waals surface area contributed by atoms with Gasteiger partial charge in [0.15, 0.2) is 0 Å². The van der Waals surface area contributed by atoms with Crippen molar-refractivity contribution in [1.29, 1.82) is 0 Å². The number of methoxy groups -OCH3 is 1. The summed E-state index contributed by atoms with van der Waals surface area (Å²) in [6, 6.07) is 19.1. The van der Waals surface area contributed by atoms with Crippen LogP contribution >= 0.6 is 0 Å². The van der Waals surface area contributed by atoms with Crippen molar-refractivity contribution in [3.63, 3.8) is 0 Å². The van der Waals surface area contributed by atoms with E-state index in [9.17, 15) is 4.79 Å². The molecule has 0 aliphatic carbocycles. The van der Waals surface area contributed by atoms with Gasteiger partial charge in [-0.05, 0) is 59.0 Å². The second kappa shape index (κ2) is 7.65. The molecule has 1 aliphatic heterocycles. The standard InChI is InChI=1S/C25H18N4O3/c1-15-13-19(24(30)27-28-26)23(22(14-15)31-2)29-20-9-5-3-7-16(20)11-12-18-17-8-4-6-10-21(17)32-25(18)29/h3-14H,1-2H3. The molecule has 1 aromatic heterocycles. The van der Waals surface area contributed by atoms with Crippen molar-refractivity contribution >= 4 is 46.3 Å². The molecule has 7 heteroatoms. The maximum atomic E-state index is 12.9. The highest BCUT2D eigenvalue weighted by molar-refractivity contribution is 6.08. The second-order valence-corrected chi connectivity index (χ2v) is 7.40. The quantitative estimate of drug-likeness (QED) is 0.175. The van der Waals surface area contributed by atoms with Gasteiger partial charge in [-0.1, -0.05) is 42.5 Å². The Labute approximate surface area is 183 Å². The van der Waals surface area contributed by atoms with E-state index in [1.807, 2.05) is 78.6 Å². The third kappa shape index (κ3) is 3.00. The van der Waals surface area contributed by atoms with E-state index in [2.05, 4.69) is 10.0 Å². The van der Waals surface area contributed by atoms with Gasteiger partial charge in [-0.25, -0.2) is 0 Å².